The third-order valence-electron chi connectivity index (χ3n) is 4.40. The second kappa shape index (κ2) is 8.13. The number of carbonyl (C=O) groups is 1. The van der Waals surface area contributed by atoms with E-state index in [0.29, 0.717) is 29.4 Å². The van der Waals surface area contributed by atoms with Gasteiger partial charge in [-0.15, -0.1) is 0 Å². The predicted octanol–water partition coefficient (Wildman–Crippen LogP) is 3.33. The molecule has 30 heavy (non-hydrogen) atoms. The van der Waals surface area contributed by atoms with Crippen LogP contribution in [0.25, 0.3) is 0 Å². The molecule has 2 aromatic rings. The Labute approximate surface area is 170 Å². The van der Waals surface area contributed by atoms with E-state index in [2.05, 4.69) is 5.32 Å². The highest BCUT2D eigenvalue weighted by Crippen LogP contribution is 2.38. The van der Waals surface area contributed by atoms with Gasteiger partial charge in [0.05, 0.1) is 17.8 Å². The molecule has 1 N–H and O–H groups in total. The summed E-state index contributed by atoms with van der Waals surface area (Å²) < 4.78 is 86.1. The highest BCUT2D eigenvalue weighted by molar-refractivity contribution is 7.92. The number of anilines is 1. The van der Waals surface area contributed by atoms with E-state index in [4.69, 9.17) is 4.74 Å². The van der Waals surface area contributed by atoms with Crippen LogP contribution in [0.2, 0.25) is 0 Å². The van der Waals surface area contributed by atoms with Crippen LogP contribution in [-0.4, -0.2) is 33.5 Å². The molecule has 1 unspecified atom stereocenters. The third-order valence-corrected chi connectivity index (χ3v) is 6.20. The van der Waals surface area contributed by atoms with E-state index in [1.54, 1.807) is 6.07 Å². The molecule has 6 nitrogen and oxygen atoms in total. The van der Waals surface area contributed by atoms with Crippen LogP contribution in [0, 0.1) is 5.82 Å². The van der Waals surface area contributed by atoms with Crippen LogP contribution in [0.5, 0.6) is 5.75 Å². The first-order valence-electron chi connectivity index (χ1n) is 8.98. The molecular formula is C19H18F4N2O4S. The summed E-state index contributed by atoms with van der Waals surface area (Å²) in [7, 11) is -4.78. The molecule has 162 valence electrons. The van der Waals surface area contributed by atoms with Gasteiger partial charge >= 0.3 is 6.18 Å². The fourth-order valence-corrected chi connectivity index (χ4v) is 4.49. The topological polar surface area (TPSA) is 75.7 Å². The molecule has 0 fully saturated rings. The number of para-hydroxylation sites is 2. The molecule has 1 heterocycles. The van der Waals surface area contributed by atoms with Crippen molar-refractivity contribution < 1.29 is 35.5 Å². The minimum atomic E-state index is -4.86. The maximum atomic E-state index is 14.3. The van der Waals surface area contributed by atoms with E-state index in [0.717, 1.165) is 0 Å². The summed E-state index contributed by atoms with van der Waals surface area (Å²) in [5.74, 6) is -1.88. The van der Waals surface area contributed by atoms with Crippen molar-refractivity contribution in [2.45, 2.75) is 30.5 Å². The molecule has 0 bridgehead atoms. The normalized spacial score (nSPS) is 16.6. The van der Waals surface area contributed by atoms with E-state index in [1.807, 2.05) is 6.92 Å². The maximum Gasteiger partial charge on any atom is 0.416 e. The van der Waals surface area contributed by atoms with E-state index in [-0.39, 0.29) is 17.5 Å². The lowest BCUT2D eigenvalue weighted by atomic mass is 10.2. The number of ether oxygens (including phenoxy) is 1. The van der Waals surface area contributed by atoms with Gasteiger partial charge in [0.25, 0.3) is 15.9 Å². The highest BCUT2D eigenvalue weighted by atomic mass is 32.2. The van der Waals surface area contributed by atoms with Gasteiger partial charge in [-0.05, 0) is 36.8 Å². The number of halogens is 4. The first-order chi connectivity index (χ1) is 14.1. The first kappa shape index (κ1) is 21.9. The first-order valence-corrected chi connectivity index (χ1v) is 10.4. The van der Waals surface area contributed by atoms with Gasteiger partial charge in [0, 0.05) is 6.54 Å². The Morgan fingerprint density at radius 3 is 2.60 bits per heavy atom. The van der Waals surface area contributed by atoms with E-state index < -0.39 is 51.0 Å². The lowest BCUT2D eigenvalue weighted by Crippen LogP contribution is -2.50. The molecule has 1 amide bonds. The maximum absolute atomic E-state index is 14.3. The lowest BCUT2D eigenvalue weighted by Gasteiger charge is -2.34. The molecule has 3 rings (SSSR count). The zero-order chi connectivity index (χ0) is 22.1. The zero-order valence-electron chi connectivity index (χ0n) is 15.7. The molecule has 1 atom stereocenters. The number of carbonyl (C=O) groups excluding carboxylic acids is 1. The van der Waals surface area contributed by atoms with Crippen molar-refractivity contribution in [1.82, 2.24) is 5.32 Å². The van der Waals surface area contributed by atoms with Gasteiger partial charge in [-0.25, -0.2) is 12.8 Å². The van der Waals surface area contributed by atoms with Crippen molar-refractivity contribution in [3.05, 3.63) is 53.8 Å². The number of nitrogens with zero attached hydrogens (tertiary/aromatic N) is 1. The summed E-state index contributed by atoms with van der Waals surface area (Å²) >= 11 is 0. The number of fused-ring (bicyclic) bond motifs is 1. The van der Waals surface area contributed by atoms with Gasteiger partial charge in [-0.1, -0.05) is 19.1 Å². The Morgan fingerprint density at radius 2 is 1.93 bits per heavy atom. The van der Waals surface area contributed by atoms with E-state index in [1.165, 1.54) is 18.2 Å². The van der Waals surface area contributed by atoms with Crippen LogP contribution in [0.1, 0.15) is 18.9 Å². The minimum absolute atomic E-state index is 0.00569. The fourth-order valence-electron chi connectivity index (χ4n) is 2.92. The smallest absolute Gasteiger partial charge is 0.416 e. The second-order valence-corrected chi connectivity index (χ2v) is 8.38. The van der Waals surface area contributed by atoms with Gasteiger partial charge in [0.15, 0.2) is 6.10 Å². The minimum Gasteiger partial charge on any atom is -0.476 e. The monoisotopic (exact) mass is 446 g/mol. The van der Waals surface area contributed by atoms with E-state index >= 15 is 0 Å². The van der Waals surface area contributed by atoms with Crippen LogP contribution in [0.4, 0.5) is 23.2 Å². The number of nitrogens with one attached hydrogen (secondary N) is 1. The summed E-state index contributed by atoms with van der Waals surface area (Å²) in [6.45, 7) is 1.63. The van der Waals surface area contributed by atoms with Crippen LogP contribution < -0.4 is 14.4 Å². The van der Waals surface area contributed by atoms with Crippen LogP contribution >= 0.6 is 0 Å². The molecule has 2 aromatic carbocycles. The molecule has 0 saturated heterocycles. The van der Waals surface area contributed by atoms with Gasteiger partial charge in [-0.3, -0.25) is 9.10 Å². The van der Waals surface area contributed by atoms with Crippen molar-refractivity contribution >= 4 is 21.6 Å². The Bertz CT molecular complexity index is 1060. The summed E-state index contributed by atoms with van der Waals surface area (Å²) in [5, 5.41) is 2.58. The zero-order valence-corrected chi connectivity index (χ0v) is 16.6. The summed E-state index contributed by atoms with van der Waals surface area (Å²) in [6.07, 6.45) is -5.48. The van der Waals surface area contributed by atoms with Crippen LogP contribution in [-0.2, 0) is 21.0 Å². The molecule has 0 radical (unpaired) electrons. The molecule has 0 saturated carbocycles. The SMILES string of the molecule is CCCNC(=O)C1CN(S(=O)(=O)c2cc(C(F)(F)F)ccc2F)c2ccccc2O1. The van der Waals surface area contributed by atoms with Crippen LogP contribution in [0.15, 0.2) is 47.4 Å². The summed E-state index contributed by atoms with van der Waals surface area (Å²) in [4.78, 5) is 11.2. The standard InChI is InChI=1S/C19H18F4N2O4S/c1-2-9-24-18(26)16-11-25(14-5-3-4-6-15(14)29-16)30(27,28)17-10-12(19(21,22)23)7-8-13(17)20/h3-8,10,16H,2,9,11H2,1H3,(H,24,26). The Kier molecular flexibility index (Phi) is 5.93. The van der Waals surface area contributed by atoms with E-state index in [9.17, 15) is 30.8 Å². The number of hydrogen-bond acceptors (Lipinski definition) is 4. The number of sulfonamides is 1. The number of rotatable bonds is 5. The van der Waals surface area contributed by atoms with Crippen LogP contribution in [0.3, 0.4) is 0 Å². The predicted molar refractivity (Wildman–Crippen MR) is 100 cm³/mol. The Balaban J connectivity index is 2.07. The Morgan fingerprint density at radius 1 is 1.23 bits per heavy atom. The van der Waals surface area contributed by atoms with Crippen molar-refractivity contribution in [3.63, 3.8) is 0 Å². The van der Waals surface area contributed by atoms with Crippen molar-refractivity contribution in [3.8, 4) is 5.75 Å². The van der Waals surface area contributed by atoms with Crippen molar-refractivity contribution in [1.29, 1.82) is 0 Å². The molecule has 0 aliphatic carbocycles. The highest BCUT2D eigenvalue weighted by Gasteiger charge is 2.40. The number of benzene rings is 2. The second-order valence-electron chi connectivity index (χ2n) is 6.54. The number of amides is 1. The molecule has 1 aliphatic heterocycles. The molecule has 0 aromatic heterocycles. The van der Waals surface area contributed by atoms with Crippen molar-refractivity contribution in [2.75, 3.05) is 17.4 Å². The largest absolute Gasteiger partial charge is 0.476 e. The fraction of sp³-hybridized carbons (Fsp3) is 0.316. The third kappa shape index (κ3) is 4.20. The molecule has 0 spiro atoms. The van der Waals surface area contributed by atoms with Gasteiger partial charge in [0.2, 0.25) is 0 Å². The molecule has 11 heteroatoms. The average Bonchev–Trinajstić information content (AvgIpc) is 2.70. The van der Waals surface area contributed by atoms with Gasteiger partial charge < -0.3 is 10.1 Å². The summed E-state index contributed by atoms with van der Waals surface area (Å²) in [6, 6.07) is 6.97. The Hall–Kier alpha value is -2.82. The molecular weight excluding hydrogens is 428 g/mol. The number of alkyl halides is 3. The average molecular weight is 446 g/mol. The lowest BCUT2D eigenvalue weighted by molar-refractivity contribution is -0.137. The summed E-state index contributed by atoms with van der Waals surface area (Å²) in [5.41, 5.74) is -1.31. The quantitative estimate of drug-likeness (QED) is 0.715. The van der Waals surface area contributed by atoms with Gasteiger partial charge in [-0.2, -0.15) is 13.2 Å². The number of hydrogen-bond donors (Lipinski definition) is 1. The van der Waals surface area contributed by atoms with Gasteiger partial charge in [0.1, 0.15) is 16.5 Å². The van der Waals surface area contributed by atoms with Crippen molar-refractivity contribution in [2.24, 2.45) is 0 Å². The molecule has 1 aliphatic rings.